The molecule has 2 unspecified atom stereocenters. The highest BCUT2D eigenvalue weighted by molar-refractivity contribution is 7.11. The predicted molar refractivity (Wildman–Crippen MR) is 90.0 cm³/mol. The fourth-order valence-corrected chi connectivity index (χ4v) is 4.77. The molecule has 3 rings (SSSR count). The van der Waals surface area contributed by atoms with E-state index in [0.717, 1.165) is 23.5 Å². The van der Waals surface area contributed by atoms with Crippen LogP contribution in [0.5, 0.6) is 0 Å². The lowest BCUT2D eigenvalue weighted by molar-refractivity contribution is -0.124. The molecule has 0 saturated carbocycles. The van der Waals surface area contributed by atoms with Crippen LogP contribution in [0.3, 0.4) is 0 Å². The Morgan fingerprint density at radius 3 is 2.50 bits per heavy atom. The van der Waals surface area contributed by atoms with Crippen LogP contribution in [0.1, 0.15) is 61.5 Å². The molecular formula is C17H27N3OS. The number of fused-ring (bicyclic) bond motifs is 2. The van der Waals surface area contributed by atoms with Gasteiger partial charge in [-0.2, -0.15) is 0 Å². The SMILES string of the molecule is Cc1nc(C(C)(C)NC(=O)CC2CC3CCC(C2)N3)sc1C. The molecule has 1 aromatic heterocycles. The summed E-state index contributed by atoms with van der Waals surface area (Å²) in [5, 5.41) is 7.84. The molecule has 2 bridgehead atoms. The monoisotopic (exact) mass is 321 g/mol. The smallest absolute Gasteiger partial charge is 0.221 e. The molecule has 2 N–H and O–H groups in total. The van der Waals surface area contributed by atoms with Gasteiger partial charge in [0.1, 0.15) is 5.01 Å². The molecule has 2 saturated heterocycles. The topological polar surface area (TPSA) is 54.0 Å². The lowest BCUT2D eigenvalue weighted by Crippen LogP contribution is -2.44. The van der Waals surface area contributed by atoms with Gasteiger partial charge in [0.2, 0.25) is 5.91 Å². The highest BCUT2D eigenvalue weighted by atomic mass is 32.1. The van der Waals surface area contributed by atoms with E-state index in [9.17, 15) is 4.79 Å². The molecule has 3 heterocycles. The molecule has 1 aromatic rings. The second-order valence-corrected chi connectivity index (χ2v) is 8.72. The standard InChI is InChI=1S/C17H27N3OS/c1-10-11(2)22-16(18-10)17(3,4)20-15(21)9-12-7-13-5-6-14(8-12)19-13/h12-14,19H,5-9H2,1-4H3,(H,20,21). The molecule has 0 spiro atoms. The Bertz CT molecular complexity index is 535. The van der Waals surface area contributed by atoms with E-state index in [1.54, 1.807) is 11.3 Å². The molecule has 2 aliphatic heterocycles. The Morgan fingerprint density at radius 1 is 1.32 bits per heavy atom. The van der Waals surface area contributed by atoms with Gasteiger partial charge in [0.25, 0.3) is 0 Å². The number of nitrogens with zero attached hydrogens (tertiary/aromatic N) is 1. The van der Waals surface area contributed by atoms with E-state index in [-0.39, 0.29) is 11.4 Å². The van der Waals surface area contributed by atoms with Crippen LogP contribution in [-0.2, 0) is 10.3 Å². The maximum Gasteiger partial charge on any atom is 0.221 e. The minimum atomic E-state index is -0.382. The Morgan fingerprint density at radius 2 is 1.95 bits per heavy atom. The molecule has 2 atom stereocenters. The summed E-state index contributed by atoms with van der Waals surface area (Å²) in [5.74, 6) is 0.705. The fourth-order valence-electron chi connectivity index (χ4n) is 3.80. The molecule has 4 nitrogen and oxygen atoms in total. The summed E-state index contributed by atoms with van der Waals surface area (Å²) in [6.07, 6.45) is 5.53. The second kappa shape index (κ2) is 5.93. The van der Waals surface area contributed by atoms with Gasteiger partial charge in [-0.3, -0.25) is 4.79 Å². The summed E-state index contributed by atoms with van der Waals surface area (Å²) in [5.41, 5.74) is 0.685. The molecule has 0 radical (unpaired) electrons. The van der Waals surface area contributed by atoms with Gasteiger partial charge in [-0.1, -0.05) is 0 Å². The zero-order chi connectivity index (χ0) is 15.9. The zero-order valence-electron chi connectivity index (χ0n) is 14.0. The predicted octanol–water partition coefficient (Wildman–Crippen LogP) is 3.03. The first-order valence-electron chi connectivity index (χ1n) is 8.35. The van der Waals surface area contributed by atoms with Gasteiger partial charge in [-0.25, -0.2) is 4.98 Å². The summed E-state index contributed by atoms with van der Waals surface area (Å²) >= 11 is 1.68. The molecule has 0 aromatic carbocycles. The van der Waals surface area contributed by atoms with Crippen LogP contribution in [0.25, 0.3) is 0 Å². The molecule has 0 aliphatic carbocycles. The Labute approximate surface area is 137 Å². The van der Waals surface area contributed by atoms with Crippen LogP contribution >= 0.6 is 11.3 Å². The van der Waals surface area contributed by atoms with E-state index < -0.39 is 0 Å². The summed E-state index contributed by atoms with van der Waals surface area (Å²) in [7, 11) is 0. The average Bonchev–Trinajstić information content (AvgIpc) is 2.93. The van der Waals surface area contributed by atoms with Crippen molar-refractivity contribution in [3.8, 4) is 0 Å². The lowest BCUT2D eigenvalue weighted by Gasteiger charge is -2.30. The van der Waals surface area contributed by atoms with E-state index in [1.165, 1.54) is 17.7 Å². The van der Waals surface area contributed by atoms with Crippen molar-refractivity contribution in [2.45, 2.75) is 77.4 Å². The highest BCUT2D eigenvalue weighted by Gasteiger charge is 2.35. The highest BCUT2D eigenvalue weighted by Crippen LogP contribution is 2.33. The molecule has 2 aliphatic rings. The van der Waals surface area contributed by atoms with Crippen molar-refractivity contribution in [3.63, 3.8) is 0 Å². The van der Waals surface area contributed by atoms with E-state index in [0.29, 0.717) is 24.4 Å². The van der Waals surface area contributed by atoms with Crippen LogP contribution in [0.2, 0.25) is 0 Å². The van der Waals surface area contributed by atoms with Gasteiger partial charge in [-0.15, -0.1) is 11.3 Å². The third kappa shape index (κ3) is 3.35. The summed E-state index contributed by atoms with van der Waals surface area (Å²) < 4.78 is 0. The third-order valence-electron chi connectivity index (χ3n) is 5.06. The number of aromatic nitrogens is 1. The van der Waals surface area contributed by atoms with Crippen molar-refractivity contribution < 1.29 is 4.79 Å². The first-order chi connectivity index (χ1) is 10.3. The molecule has 1 amide bonds. The van der Waals surface area contributed by atoms with Crippen molar-refractivity contribution in [1.29, 1.82) is 0 Å². The van der Waals surface area contributed by atoms with Crippen molar-refractivity contribution in [2.24, 2.45) is 5.92 Å². The quantitative estimate of drug-likeness (QED) is 0.896. The first kappa shape index (κ1) is 15.9. The number of hydrogen-bond acceptors (Lipinski definition) is 4. The minimum Gasteiger partial charge on any atom is -0.345 e. The lowest BCUT2D eigenvalue weighted by atomic mass is 9.89. The van der Waals surface area contributed by atoms with E-state index in [1.807, 2.05) is 6.92 Å². The van der Waals surface area contributed by atoms with Crippen molar-refractivity contribution >= 4 is 17.2 Å². The minimum absolute atomic E-state index is 0.168. The fraction of sp³-hybridized carbons (Fsp3) is 0.765. The maximum absolute atomic E-state index is 12.5. The second-order valence-electron chi connectivity index (χ2n) is 7.51. The summed E-state index contributed by atoms with van der Waals surface area (Å²) in [6.45, 7) is 8.21. The van der Waals surface area contributed by atoms with Crippen molar-refractivity contribution in [1.82, 2.24) is 15.6 Å². The van der Waals surface area contributed by atoms with Gasteiger partial charge >= 0.3 is 0 Å². The Kier molecular flexibility index (Phi) is 4.29. The van der Waals surface area contributed by atoms with Gasteiger partial charge < -0.3 is 10.6 Å². The Hall–Kier alpha value is -0.940. The van der Waals surface area contributed by atoms with E-state index in [2.05, 4.69) is 36.4 Å². The molecule has 2 fully saturated rings. The van der Waals surface area contributed by atoms with Gasteiger partial charge in [0, 0.05) is 23.4 Å². The van der Waals surface area contributed by atoms with E-state index in [4.69, 9.17) is 0 Å². The Balaban J connectivity index is 1.58. The number of amides is 1. The molecule has 22 heavy (non-hydrogen) atoms. The van der Waals surface area contributed by atoms with Crippen LogP contribution in [0.15, 0.2) is 0 Å². The maximum atomic E-state index is 12.5. The van der Waals surface area contributed by atoms with Gasteiger partial charge in [0.05, 0.1) is 11.2 Å². The largest absolute Gasteiger partial charge is 0.345 e. The number of thiazole rings is 1. The summed E-state index contributed by atoms with van der Waals surface area (Å²) in [4.78, 5) is 18.3. The number of nitrogens with one attached hydrogen (secondary N) is 2. The number of aryl methyl sites for hydroxylation is 2. The summed E-state index contributed by atoms with van der Waals surface area (Å²) in [6, 6.07) is 1.29. The molecule has 122 valence electrons. The van der Waals surface area contributed by atoms with Gasteiger partial charge in [-0.05, 0) is 59.3 Å². The van der Waals surface area contributed by atoms with Crippen molar-refractivity contribution in [3.05, 3.63) is 15.6 Å². The van der Waals surface area contributed by atoms with Crippen LogP contribution in [0, 0.1) is 19.8 Å². The number of rotatable bonds is 4. The third-order valence-corrected chi connectivity index (χ3v) is 6.46. The number of carbonyl (C=O) groups is 1. The average molecular weight is 321 g/mol. The van der Waals surface area contributed by atoms with Crippen LogP contribution in [0.4, 0.5) is 0 Å². The van der Waals surface area contributed by atoms with Crippen molar-refractivity contribution in [2.75, 3.05) is 0 Å². The van der Waals surface area contributed by atoms with E-state index >= 15 is 0 Å². The normalized spacial score (nSPS) is 27.9. The van der Waals surface area contributed by atoms with Crippen LogP contribution < -0.4 is 10.6 Å². The number of piperidine rings is 1. The van der Waals surface area contributed by atoms with Crippen LogP contribution in [-0.4, -0.2) is 23.0 Å². The zero-order valence-corrected chi connectivity index (χ0v) is 14.8. The number of hydrogen-bond donors (Lipinski definition) is 2. The first-order valence-corrected chi connectivity index (χ1v) is 9.16. The van der Waals surface area contributed by atoms with Gasteiger partial charge in [0.15, 0.2) is 0 Å². The number of carbonyl (C=O) groups excluding carboxylic acids is 1. The molecule has 5 heteroatoms. The molecular weight excluding hydrogens is 294 g/mol.